The summed E-state index contributed by atoms with van der Waals surface area (Å²) in [6, 6.07) is 13.9. The van der Waals surface area contributed by atoms with E-state index in [-0.39, 0.29) is 16.9 Å². The van der Waals surface area contributed by atoms with Gasteiger partial charge < -0.3 is 0 Å². The number of rotatable bonds is 2. The molecular formula is C16H14BrN3O2S. The molecule has 0 spiro atoms. The van der Waals surface area contributed by atoms with E-state index in [1.165, 1.54) is 0 Å². The maximum atomic E-state index is 12.0. The number of hydrazine groups is 1. The fourth-order valence-electron chi connectivity index (χ4n) is 1.72. The van der Waals surface area contributed by atoms with Crippen LogP contribution < -0.4 is 16.2 Å². The van der Waals surface area contributed by atoms with Gasteiger partial charge in [0.1, 0.15) is 0 Å². The fraction of sp³-hybridized carbons (Fsp3) is 0.0625. The Morgan fingerprint density at radius 3 is 2.30 bits per heavy atom. The van der Waals surface area contributed by atoms with E-state index in [9.17, 15) is 9.59 Å². The SMILES string of the molecule is Cc1ccc(C(=O)NNC(=S)NC(=O)c2ccccc2)cc1Br. The van der Waals surface area contributed by atoms with Gasteiger partial charge in [-0.05, 0) is 49.0 Å². The lowest BCUT2D eigenvalue weighted by atomic mass is 10.1. The zero-order chi connectivity index (χ0) is 16.8. The van der Waals surface area contributed by atoms with Crippen molar-refractivity contribution in [2.24, 2.45) is 0 Å². The predicted octanol–water partition coefficient (Wildman–Crippen LogP) is 2.71. The maximum Gasteiger partial charge on any atom is 0.269 e. The Kier molecular flexibility index (Phi) is 5.84. The number of hydrogen-bond acceptors (Lipinski definition) is 3. The van der Waals surface area contributed by atoms with Gasteiger partial charge in [0.15, 0.2) is 5.11 Å². The van der Waals surface area contributed by atoms with E-state index < -0.39 is 0 Å². The summed E-state index contributed by atoms with van der Waals surface area (Å²) in [5.41, 5.74) is 6.91. The first-order valence-electron chi connectivity index (χ1n) is 6.70. The smallest absolute Gasteiger partial charge is 0.269 e. The van der Waals surface area contributed by atoms with E-state index >= 15 is 0 Å². The van der Waals surface area contributed by atoms with Gasteiger partial charge in [0.2, 0.25) is 0 Å². The van der Waals surface area contributed by atoms with Crippen LogP contribution in [0.15, 0.2) is 53.0 Å². The summed E-state index contributed by atoms with van der Waals surface area (Å²) in [5.74, 6) is -0.711. The van der Waals surface area contributed by atoms with Crippen molar-refractivity contribution >= 4 is 45.1 Å². The van der Waals surface area contributed by atoms with Crippen LogP contribution in [0.25, 0.3) is 0 Å². The van der Waals surface area contributed by atoms with Crippen molar-refractivity contribution in [3.8, 4) is 0 Å². The summed E-state index contributed by atoms with van der Waals surface area (Å²) in [6.07, 6.45) is 0. The Morgan fingerprint density at radius 1 is 0.957 bits per heavy atom. The number of halogens is 1. The highest BCUT2D eigenvalue weighted by atomic mass is 79.9. The largest absolute Gasteiger partial charge is 0.298 e. The van der Waals surface area contributed by atoms with E-state index in [1.54, 1.807) is 36.4 Å². The van der Waals surface area contributed by atoms with Gasteiger partial charge >= 0.3 is 0 Å². The molecule has 0 saturated carbocycles. The van der Waals surface area contributed by atoms with E-state index in [4.69, 9.17) is 12.2 Å². The summed E-state index contributed by atoms with van der Waals surface area (Å²) in [4.78, 5) is 23.9. The Bertz CT molecular complexity index is 750. The topological polar surface area (TPSA) is 70.2 Å². The fourth-order valence-corrected chi connectivity index (χ4v) is 2.24. The lowest BCUT2D eigenvalue weighted by Crippen LogP contribution is -2.48. The molecule has 0 heterocycles. The molecule has 0 radical (unpaired) electrons. The third-order valence-electron chi connectivity index (χ3n) is 2.99. The van der Waals surface area contributed by atoms with Crippen molar-refractivity contribution < 1.29 is 9.59 Å². The molecule has 0 aliphatic heterocycles. The van der Waals surface area contributed by atoms with E-state index in [1.807, 2.05) is 19.1 Å². The number of carbonyl (C=O) groups excluding carboxylic acids is 2. The van der Waals surface area contributed by atoms with Crippen LogP contribution in [0.5, 0.6) is 0 Å². The highest BCUT2D eigenvalue weighted by molar-refractivity contribution is 9.10. The Hall–Kier alpha value is -2.25. The average molecular weight is 392 g/mol. The molecule has 5 nitrogen and oxygen atoms in total. The minimum atomic E-state index is -0.359. The first kappa shape index (κ1) is 17.1. The van der Waals surface area contributed by atoms with Crippen LogP contribution in [-0.2, 0) is 0 Å². The van der Waals surface area contributed by atoms with Crippen molar-refractivity contribution in [1.82, 2.24) is 16.2 Å². The van der Waals surface area contributed by atoms with Crippen LogP contribution in [-0.4, -0.2) is 16.9 Å². The second kappa shape index (κ2) is 7.85. The van der Waals surface area contributed by atoms with Crippen molar-refractivity contribution in [2.45, 2.75) is 6.92 Å². The monoisotopic (exact) mass is 391 g/mol. The molecule has 0 unspecified atom stereocenters. The van der Waals surface area contributed by atoms with Crippen molar-refractivity contribution in [3.05, 3.63) is 69.7 Å². The molecule has 3 N–H and O–H groups in total. The van der Waals surface area contributed by atoms with Gasteiger partial charge in [-0.15, -0.1) is 0 Å². The predicted molar refractivity (Wildman–Crippen MR) is 96.0 cm³/mol. The number of nitrogens with one attached hydrogen (secondary N) is 3. The van der Waals surface area contributed by atoms with Gasteiger partial charge in [-0.25, -0.2) is 0 Å². The number of carbonyl (C=O) groups is 2. The van der Waals surface area contributed by atoms with E-state index in [0.29, 0.717) is 11.1 Å². The molecule has 2 amide bonds. The summed E-state index contributed by atoms with van der Waals surface area (Å²) >= 11 is 8.35. The summed E-state index contributed by atoms with van der Waals surface area (Å²) in [7, 11) is 0. The molecule has 0 bridgehead atoms. The molecule has 0 fully saturated rings. The quantitative estimate of drug-likeness (QED) is 0.543. The third kappa shape index (κ3) is 4.87. The molecule has 2 rings (SSSR count). The second-order valence-corrected chi connectivity index (χ2v) is 5.95. The molecule has 118 valence electrons. The molecule has 0 saturated heterocycles. The lowest BCUT2D eigenvalue weighted by Gasteiger charge is -2.11. The molecule has 7 heteroatoms. The molecule has 2 aromatic rings. The zero-order valence-corrected chi connectivity index (χ0v) is 14.6. The number of amides is 2. The van der Waals surface area contributed by atoms with Gasteiger partial charge in [0.25, 0.3) is 11.8 Å². The highest BCUT2D eigenvalue weighted by Gasteiger charge is 2.10. The summed E-state index contributed by atoms with van der Waals surface area (Å²) < 4.78 is 0.838. The molecule has 2 aromatic carbocycles. The van der Waals surface area contributed by atoms with Gasteiger partial charge in [-0.3, -0.25) is 25.8 Å². The first-order valence-corrected chi connectivity index (χ1v) is 7.90. The highest BCUT2D eigenvalue weighted by Crippen LogP contribution is 2.17. The van der Waals surface area contributed by atoms with Gasteiger partial charge in [0, 0.05) is 15.6 Å². The Morgan fingerprint density at radius 2 is 1.65 bits per heavy atom. The molecule has 0 aliphatic rings. The maximum absolute atomic E-state index is 12.0. The normalized spacial score (nSPS) is 9.83. The zero-order valence-electron chi connectivity index (χ0n) is 12.2. The third-order valence-corrected chi connectivity index (χ3v) is 4.05. The molecule has 0 aromatic heterocycles. The van der Waals surface area contributed by atoms with Crippen molar-refractivity contribution in [1.29, 1.82) is 0 Å². The van der Waals surface area contributed by atoms with Crippen LogP contribution >= 0.6 is 28.1 Å². The number of aryl methyl sites for hydroxylation is 1. The molecule has 23 heavy (non-hydrogen) atoms. The van der Waals surface area contributed by atoms with Crippen molar-refractivity contribution in [2.75, 3.05) is 0 Å². The minimum Gasteiger partial charge on any atom is -0.298 e. The molecular weight excluding hydrogens is 378 g/mol. The molecule has 0 aliphatic carbocycles. The number of hydrogen-bond donors (Lipinski definition) is 3. The molecule has 0 atom stereocenters. The van der Waals surface area contributed by atoms with Gasteiger partial charge in [-0.2, -0.15) is 0 Å². The van der Waals surface area contributed by atoms with E-state index in [0.717, 1.165) is 10.0 Å². The van der Waals surface area contributed by atoms with Crippen LogP contribution in [0.1, 0.15) is 26.3 Å². The second-order valence-electron chi connectivity index (χ2n) is 4.69. The van der Waals surface area contributed by atoms with Gasteiger partial charge in [-0.1, -0.05) is 40.2 Å². The van der Waals surface area contributed by atoms with E-state index in [2.05, 4.69) is 32.1 Å². The van der Waals surface area contributed by atoms with Crippen LogP contribution in [0.2, 0.25) is 0 Å². The summed E-state index contributed by atoms with van der Waals surface area (Å²) in [5, 5.41) is 2.49. The van der Waals surface area contributed by atoms with Crippen molar-refractivity contribution in [3.63, 3.8) is 0 Å². The number of benzene rings is 2. The van der Waals surface area contributed by atoms with Crippen LogP contribution in [0.3, 0.4) is 0 Å². The lowest BCUT2D eigenvalue weighted by molar-refractivity contribution is 0.0934. The number of thiocarbonyl (C=S) groups is 1. The Balaban J connectivity index is 1.87. The first-order chi connectivity index (χ1) is 11.0. The van der Waals surface area contributed by atoms with Crippen LogP contribution in [0.4, 0.5) is 0 Å². The average Bonchev–Trinajstić information content (AvgIpc) is 2.56. The summed E-state index contributed by atoms with van der Waals surface area (Å²) in [6.45, 7) is 1.93. The minimum absolute atomic E-state index is 0.0124. The van der Waals surface area contributed by atoms with Crippen LogP contribution in [0, 0.1) is 6.92 Å². The standard InChI is InChI=1S/C16H14BrN3O2S/c1-10-7-8-12(9-13(10)17)15(22)19-20-16(23)18-14(21)11-5-3-2-4-6-11/h2-9H,1H3,(H,19,22)(H2,18,20,21,23). The Labute approximate surface area is 147 Å². The van der Waals surface area contributed by atoms with Gasteiger partial charge in [0.05, 0.1) is 0 Å².